The second-order valence-corrected chi connectivity index (χ2v) is 18.4. The van der Waals surface area contributed by atoms with Crippen LogP contribution in [0.3, 0.4) is 0 Å². The first-order chi connectivity index (χ1) is 35.7. The molecule has 0 fully saturated rings. The highest BCUT2D eigenvalue weighted by Crippen LogP contribution is 2.47. The summed E-state index contributed by atoms with van der Waals surface area (Å²) in [5.74, 6) is 0. The number of aromatic nitrogens is 1. The third-order valence-corrected chi connectivity index (χ3v) is 14.2. The van der Waals surface area contributed by atoms with Crippen LogP contribution in [0.5, 0.6) is 0 Å². The molecule has 0 saturated heterocycles. The topological polar surface area (TPSA) is 8.17 Å². The molecule has 0 amide bonds. The van der Waals surface area contributed by atoms with Crippen molar-refractivity contribution in [3.63, 3.8) is 0 Å². The Morgan fingerprint density at radius 2 is 0.750 bits per heavy atom. The lowest BCUT2D eigenvalue weighted by molar-refractivity contribution is 1.18. The molecule has 13 aromatic rings. The summed E-state index contributed by atoms with van der Waals surface area (Å²) in [4.78, 5) is 2.44. The lowest BCUT2D eigenvalue weighted by Crippen LogP contribution is -2.11. The van der Waals surface area contributed by atoms with Gasteiger partial charge in [-0.3, -0.25) is 0 Å². The fraction of sp³-hybridized carbons (Fsp3) is 0. The minimum atomic E-state index is 1.07. The zero-order valence-electron chi connectivity index (χ0n) is 39.6. The number of anilines is 3. The van der Waals surface area contributed by atoms with E-state index in [0.29, 0.717) is 0 Å². The standard InChI is InChI=1S/C70H48N2/c1-3-20-53(21-4-1)60-27-9-10-28-62(60)63-29-11-12-30-64(63)65-31-13-15-34-67(65)71(58-45-43-51(44-46-58)50-37-39-52(40-38-50)55-42-41-49-19-7-8-22-54(49)47-55)59-26-17-23-56(48-59)61-33-18-36-69-70(61)66-32-14-16-35-68(66)72(69)57-24-5-2-6-25-57/h1-48H. The van der Waals surface area contributed by atoms with Crippen molar-refractivity contribution in [2.75, 3.05) is 4.90 Å². The molecule has 0 aliphatic carbocycles. The van der Waals surface area contributed by atoms with Crippen molar-refractivity contribution in [1.82, 2.24) is 4.57 Å². The molecule has 1 heterocycles. The normalized spacial score (nSPS) is 11.3. The van der Waals surface area contributed by atoms with Crippen LogP contribution in [0.4, 0.5) is 17.1 Å². The van der Waals surface area contributed by atoms with E-state index < -0.39 is 0 Å². The summed E-state index contributed by atoms with van der Waals surface area (Å²) in [6, 6.07) is 106. The molecular formula is C70H48N2. The fourth-order valence-corrected chi connectivity index (χ4v) is 10.8. The largest absolute Gasteiger partial charge is 0.310 e. The minimum Gasteiger partial charge on any atom is -0.310 e. The first-order valence-corrected chi connectivity index (χ1v) is 24.7. The van der Waals surface area contributed by atoms with Crippen LogP contribution in [-0.4, -0.2) is 4.57 Å². The quantitative estimate of drug-likeness (QED) is 0.133. The third-order valence-electron chi connectivity index (χ3n) is 14.2. The summed E-state index contributed by atoms with van der Waals surface area (Å²) in [5.41, 5.74) is 20.9. The van der Waals surface area contributed by atoms with Crippen LogP contribution in [0.15, 0.2) is 291 Å². The SMILES string of the molecule is c1ccc(-c2ccccc2-c2ccccc2-c2ccccc2N(c2ccc(-c3ccc(-c4ccc5ccccc5c4)cc3)cc2)c2cccc(-c3cccc4c3c3ccccc3n4-c3ccccc3)c2)cc1. The van der Waals surface area contributed by atoms with Gasteiger partial charge in [0.15, 0.2) is 0 Å². The summed E-state index contributed by atoms with van der Waals surface area (Å²) >= 11 is 0. The molecule has 2 heteroatoms. The van der Waals surface area contributed by atoms with Crippen LogP contribution in [0, 0.1) is 0 Å². The van der Waals surface area contributed by atoms with Gasteiger partial charge in [0.1, 0.15) is 0 Å². The Hall–Kier alpha value is -9.50. The summed E-state index contributed by atoms with van der Waals surface area (Å²) in [7, 11) is 0. The van der Waals surface area contributed by atoms with Crippen LogP contribution in [-0.2, 0) is 0 Å². The van der Waals surface area contributed by atoms with Gasteiger partial charge >= 0.3 is 0 Å². The van der Waals surface area contributed by atoms with Crippen molar-refractivity contribution in [3.8, 4) is 72.4 Å². The molecule has 2 nitrogen and oxygen atoms in total. The first-order valence-electron chi connectivity index (χ1n) is 24.7. The van der Waals surface area contributed by atoms with Crippen molar-refractivity contribution in [3.05, 3.63) is 291 Å². The molecule has 0 N–H and O–H groups in total. The van der Waals surface area contributed by atoms with Crippen molar-refractivity contribution in [1.29, 1.82) is 0 Å². The van der Waals surface area contributed by atoms with Gasteiger partial charge in [0, 0.05) is 33.4 Å². The average Bonchev–Trinajstić information content (AvgIpc) is 3.81. The predicted molar refractivity (Wildman–Crippen MR) is 306 cm³/mol. The van der Waals surface area contributed by atoms with Crippen LogP contribution < -0.4 is 4.90 Å². The van der Waals surface area contributed by atoms with Crippen molar-refractivity contribution in [2.45, 2.75) is 0 Å². The predicted octanol–water partition coefficient (Wildman–Crippen LogP) is 19.4. The van der Waals surface area contributed by atoms with E-state index in [4.69, 9.17) is 0 Å². The van der Waals surface area contributed by atoms with E-state index in [1.54, 1.807) is 0 Å². The van der Waals surface area contributed by atoms with Crippen molar-refractivity contribution >= 4 is 49.6 Å². The highest BCUT2D eigenvalue weighted by atomic mass is 15.1. The smallest absolute Gasteiger partial charge is 0.0547 e. The van der Waals surface area contributed by atoms with Crippen LogP contribution in [0.2, 0.25) is 0 Å². The Bertz CT molecular complexity index is 4070. The Morgan fingerprint density at radius 3 is 1.50 bits per heavy atom. The Balaban J connectivity index is 0.956. The van der Waals surface area contributed by atoms with Gasteiger partial charge in [0.05, 0.1) is 16.7 Å². The molecule has 338 valence electrons. The molecule has 0 aliphatic rings. The molecule has 1 aromatic heterocycles. The Kier molecular flexibility index (Phi) is 10.9. The monoisotopic (exact) mass is 916 g/mol. The van der Waals surface area contributed by atoms with E-state index in [-0.39, 0.29) is 0 Å². The molecule has 0 unspecified atom stereocenters. The average molecular weight is 917 g/mol. The van der Waals surface area contributed by atoms with Gasteiger partial charge in [0.25, 0.3) is 0 Å². The van der Waals surface area contributed by atoms with Gasteiger partial charge in [-0.1, -0.05) is 231 Å². The lowest BCUT2D eigenvalue weighted by Gasteiger charge is -2.29. The highest BCUT2D eigenvalue weighted by Gasteiger charge is 2.22. The summed E-state index contributed by atoms with van der Waals surface area (Å²) in [6.07, 6.45) is 0. The zero-order chi connectivity index (χ0) is 47.8. The number of nitrogens with zero attached hydrogens (tertiary/aromatic N) is 2. The summed E-state index contributed by atoms with van der Waals surface area (Å²) in [6.45, 7) is 0. The van der Waals surface area contributed by atoms with Gasteiger partial charge in [-0.2, -0.15) is 0 Å². The molecule has 13 rings (SSSR count). The van der Waals surface area contributed by atoms with Crippen LogP contribution >= 0.6 is 0 Å². The highest BCUT2D eigenvalue weighted by molar-refractivity contribution is 6.16. The maximum atomic E-state index is 2.44. The van der Waals surface area contributed by atoms with Gasteiger partial charge in [-0.25, -0.2) is 0 Å². The number of benzene rings is 12. The van der Waals surface area contributed by atoms with Gasteiger partial charge in [-0.15, -0.1) is 0 Å². The first kappa shape index (κ1) is 42.6. The number of fused-ring (bicyclic) bond motifs is 4. The maximum absolute atomic E-state index is 2.44. The minimum absolute atomic E-state index is 1.07. The van der Waals surface area contributed by atoms with Crippen molar-refractivity contribution in [2.24, 2.45) is 0 Å². The molecule has 12 aromatic carbocycles. The number of hydrogen-bond donors (Lipinski definition) is 0. The second-order valence-electron chi connectivity index (χ2n) is 18.4. The second kappa shape index (κ2) is 18.4. The molecule has 0 spiro atoms. The Labute approximate surface area is 420 Å². The van der Waals surface area contributed by atoms with E-state index in [0.717, 1.165) is 39.4 Å². The number of rotatable bonds is 10. The lowest BCUT2D eigenvalue weighted by atomic mass is 9.88. The molecule has 0 saturated carbocycles. The zero-order valence-corrected chi connectivity index (χ0v) is 39.6. The number of para-hydroxylation sites is 3. The van der Waals surface area contributed by atoms with E-state index >= 15 is 0 Å². The molecule has 72 heavy (non-hydrogen) atoms. The van der Waals surface area contributed by atoms with Gasteiger partial charge in [-0.05, 0) is 133 Å². The molecular weight excluding hydrogens is 869 g/mol. The molecule has 0 atom stereocenters. The third kappa shape index (κ3) is 7.73. The number of hydrogen-bond acceptors (Lipinski definition) is 1. The molecule has 0 aliphatic heterocycles. The van der Waals surface area contributed by atoms with E-state index in [1.165, 1.54) is 82.6 Å². The van der Waals surface area contributed by atoms with E-state index in [2.05, 4.69) is 301 Å². The van der Waals surface area contributed by atoms with Crippen LogP contribution in [0.25, 0.3) is 105 Å². The van der Waals surface area contributed by atoms with Crippen molar-refractivity contribution < 1.29 is 0 Å². The van der Waals surface area contributed by atoms with Crippen LogP contribution in [0.1, 0.15) is 0 Å². The van der Waals surface area contributed by atoms with Gasteiger partial charge in [0.2, 0.25) is 0 Å². The van der Waals surface area contributed by atoms with E-state index in [9.17, 15) is 0 Å². The molecule has 0 radical (unpaired) electrons. The molecule has 0 bridgehead atoms. The summed E-state index contributed by atoms with van der Waals surface area (Å²) < 4.78 is 2.40. The Morgan fingerprint density at radius 1 is 0.250 bits per heavy atom. The van der Waals surface area contributed by atoms with E-state index in [1.807, 2.05) is 0 Å². The summed E-state index contributed by atoms with van der Waals surface area (Å²) in [5, 5.41) is 4.97. The maximum Gasteiger partial charge on any atom is 0.0547 e. The van der Waals surface area contributed by atoms with Gasteiger partial charge < -0.3 is 9.47 Å². The fourth-order valence-electron chi connectivity index (χ4n) is 10.8.